The summed E-state index contributed by atoms with van der Waals surface area (Å²) in [5, 5.41) is 5.43. The second kappa shape index (κ2) is 8.87. The van der Waals surface area contributed by atoms with E-state index >= 15 is 0 Å². The second-order valence-corrected chi connectivity index (χ2v) is 6.06. The molecule has 0 radical (unpaired) electrons. The number of amides is 2. The van der Waals surface area contributed by atoms with Crippen molar-refractivity contribution in [2.75, 3.05) is 13.7 Å². The molecule has 5 nitrogen and oxygen atoms in total. The summed E-state index contributed by atoms with van der Waals surface area (Å²) in [4.78, 5) is 23.9. The van der Waals surface area contributed by atoms with Gasteiger partial charge in [-0.3, -0.25) is 9.59 Å². The van der Waals surface area contributed by atoms with E-state index in [0.29, 0.717) is 18.0 Å². The molecular weight excluding hydrogens is 316 g/mol. The van der Waals surface area contributed by atoms with E-state index in [1.807, 2.05) is 24.3 Å². The Balaban J connectivity index is 1.86. The normalized spacial score (nSPS) is 10.4. The van der Waals surface area contributed by atoms with E-state index in [2.05, 4.69) is 24.5 Å². The Bertz CT molecular complexity index is 727. The summed E-state index contributed by atoms with van der Waals surface area (Å²) in [6, 6.07) is 14.7. The van der Waals surface area contributed by atoms with E-state index in [-0.39, 0.29) is 18.4 Å². The van der Waals surface area contributed by atoms with Crippen LogP contribution in [0.5, 0.6) is 5.75 Å². The molecule has 0 aliphatic heterocycles. The maximum atomic E-state index is 11.9. The molecule has 0 saturated carbocycles. The van der Waals surface area contributed by atoms with Crippen LogP contribution < -0.4 is 15.4 Å². The highest BCUT2D eigenvalue weighted by atomic mass is 16.5. The van der Waals surface area contributed by atoms with Gasteiger partial charge >= 0.3 is 0 Å². The molecule has 2 aromatic rings. The van der Waals surface area contributed by atoms with Gasteiger partial charge in [0.15, 0.2) is 0 Å². The van der Waals surface area contributed by atoms with Crippen LogP contribution in [-0.4, -0.2) is 25.5 Å². The fourth-order valence-electron chi connectivity index (χ4n) is 2.46. The standard InChI is InChI=1S/C20H24N2O3/c1-14(2)17-11-15(9-10-18(17)25-3)12-21-19(23)13-22-20(24)16-7-5-4-6-8-16/h4-11,14H,12-13H2,1-3H3,(H,21,23)(H,22,24). The minimum atomic E-state index is -0.262. The van der Waals surface area contributed by atoms with Gasteiger partial charge in [-0.1, -0.05) is 44.2 Å². The second-order valence-electron chi connectivity index (χ2n) is 6.06. The molecule has 25 heavy (non-hydrogen) atoms. The zero-order valence-electron chi connectivity index (χ0n) is 14.8. The lowest BCUT2D eigenvalue weighted by Crippen LogP contribution is -2.36. The molecule has 2 rings (SSSR count). The molecule has 0 atom stereocenters. The molecule has 132 valence electrons. The van der Waals surface area contributed by atoms with Gasteiger partial charge in [0.1, 0.15) is 5.75 Å². The van der Waals surface area contributed by atoms with Crippen LogP contribution in [0.25, 0.3) is 0 Å². The van der Waals surface area contributed by atoms with Crippen molar-refractivity contribution >= 4 is 11.8 Å². The van der Waals surface area contributed by atoms with Crippen LogP contribution in [0.4, 0.5) is 0 Å². The van der Waals surface area contributed by atoms with Gasteiger partial charge in [-0.2, -0.15) is 0 Å². The fourth-order valence-corrected chi connectivity index (χ4v) is 2.46. The average Bonchev–Trinajstić information content (AvgIpc) is 2.64. The summed E-state index contributed by atoms with van der Waals surface area (Å²) in [5.41, 5.74) is 2.63. The highest BCUT2D eigenvalue weighted by Gasteiger charge is 2.10. The van der Waals surface area contributed by atoms with Gasteiger partial charge in [0.25, 0.3) is 5.91 Å². The predicted octanol–water partition coefficient (Wildman–Crippen LogP) is 2.86. The molecule has 0 aromatic heterocycles. The zero-order valence-corrected chi connectivity index (χ0v) is 14.8. The first-order valence-corrected chi connectivity index (χ1v) is 8.28. The van der Waals surface area contributed by atoms with Crippen molar-refractivity contribution in [3.05, 3.63) is 65.2 Å². The van der Waals surface area contributed by atoms with Crippen molar-refractivity contribution in [2.45, 2.75) is 26.3 Å². The predicted molar refractivity (Wildman–Crippen MR) is 97.7 cm³/mol. The van der Waals surface area contributed by atoms with Gasteiger partial charge in [0, 0.05) is 12.1 Å². The van der Waals surface area contributed by atoms with Crippen LogP contribution >= 0.6 is 0 Å². The van der Waals surface area contributed by atoms with Crippen molar-refractivity contribution in [1.82, 2.24) is 10.6 Å². The Kier molecular flexibility index (Phi) is 6.57. The Morgan fingerprint density at radius 2 is 1.76 bits per heavy atom. The Morgan fingerprint density at radius 1 is 1.04 bits per heavy atom. The molecule has 2 N–H and O–H groups in total. The highest BCUT2D eigenvalue weighted by Crippen LogP contribution is 2.27. The molecule has 0 bridgehead atoms. The lowest BCUT2D eigenvalue weighted by atomic mass is 9.99. The lowest BCUT2D eigenvalue weighted by Gasteiger charge is -2.14. The van der Waals surface area contributed by atoms with E-state index < -0.39 is 0 Å². The molecule has 0 unspecified atom stereocenters. The van der Waals surface area contributed by atoms with Crippen LogP contribution in [0.2, 0.25) is 0 Å². The quantitative estimate of drug-likeness (QED) is 0.814. The zero-order chi connectivity index (χ0) is 18.2. The number of hydrogen-bond donors (Lipinski definition) is 2. The summed E-state index contributed by atoms with van der Waals surface area (Å²) in [5.74, 6) is 0.685. The van der Waals surface area contributed by atoms with E-state index in [4.69, 9.17) is 4.74 Å². The van der Waals surface area contributed by atoms with Gasteiger partial charge in [-0.05, 0) is 35.2 Å². The number of rotatable bonds is 7. The summed E-state index contributed by atoms with van der Waals surface area (Å²) < 4.78 is 5.36. The van der Waals surface area contributed by atoms with Crippen LogP contribution in [0, 0.1) is 0 Å². The summed E-state index contributed by atoms with van der Waals surface area (Å²) in [6.07, 6.45) is 0. The topological polar surface area (TPSA) is 67.4 Å². The monoisotopic (exact) mass is 340 g/mol. The summed E-state index contributed by atoms with van der Waals surface area (Å²) in [6.45, 7) is 4.54. The number of hydrogen-bond acceptors (Lipinski definition) is 3. The van der Waals surface area contributed by atoms with E-state index in [9.17, 15) is 9.59 Å². The fraction of sp³-hybridized carbons (Fsp3) is 0.300. The lowest BCUT2D eigenvalue weighted by molar-refractivity contribution is -0.120. The van der Waals surface area contributed by atoms with Crippen molar-refractivity contribution in [3.8, 4) is 5.75 Å². The first-order chi connectivity index (χ1) is 12.0. The maximum absolute atomic E-state index is 11.9. The minimum absolute atomic E-state index is 0.0546. The number of methoxy groups -OCH3 is 1. The van der Waals surface area contributed by atoms with Crippen LogP contribution in [0.15, 0.2) is 48.5 Å². The molecule has 0 spiro atoms. The molecule has 0 fully saturated rings. The number of carbonyl (C=O) groups is 2. The third-order valence-corrected chi connectivity index (χ3v) is 3.85. The first kappa shape index (κ1) is 18.5. The molecule has 0 aliphatic rings. The first-order valence-electron chi connectivity index (χ1n) is 8.28. The Morgan fingerprint density at radius 3 is 2.40 bits per heavy atom. The highest BCUT2D eigenvalue weighted by molar-refractivity contribution is 5.96. The molecule has 0 saturated heterocycles. The maximum Gasteiger partial charge on any atom is 0.251 e. The number of ether oxygens (including phenoxy) is 1. The van der Waals surface area contributed by atoms with Gasteiger partial charge < -0.3 is 15.4 Å². The Labute approximate surface area is 148 Å². The summed E-state index contributed by atoms with van der Waals surface area (Å²) >= 11 is 0. The number of benzene rings is 2. The van der Waals surface area contributed by atoms with Crippen LogP contribution in [0.3, 0.4) is 0 Å². The molecule has 2 aromatic carbocycles. The van der Waals surface area contributed by atoms with Crippen molar-refractivity contribution in [1.29, 1.82) is 0 Å². The van der Waals surface area contributed by atoms with Crippen molar-refractivity contribution < 1.29 is 14.3 Å². The Hall–Kier alpha value is -2.82. The van der Waals surface area contributed by atoms with Crippen LogP contribution in [0.1, 0.15) is 41.3 Å². The van der Waals surface area contributed by atoms with E-state index in [1.54, 1.807) is 31.4 Å². The van der Waals surface area contributed by atoms with Gasteiger partial charge in [0.05, 0.1) is 13.7 Å². The van der Waals surface area contributed by atoms with E-state index in [0.717, 1.165) is 16.9 Å². The van der Waals surface area contributed by atoms with Crippen LogP contribution in [-0.2, 0) is 11.3 Å². The van der Waals surface area contributed by atoms with Crippen molar-refractivity contribution in [3.63, 3.8) is 0 Å². The van der Waals surface area contributed by atoms with Gasteiger partial charge in [-0.25, -0.2) is 0 Å². The number of nitrogens with one attached hydrogen (secondary N) is 2. The smallest absolute Gasteiger partial charge is 0.251 e. The molecule has 5 heteroatoms. The number of carbonyl (C=O) groups excluding carboxylic acids is 2. The minimum Gasteiger partial charge on any atom is -0.496 e. The molecular formula is C20H24N2O3. The third kappa shape index (κ3) is 5.35. The summed E-state index contributed by atoms with van der Waals surface area (Å²) in [7, 11) is 1.65. The van der Waals surface area contributed by atoms with E-state index in [1.165, 1.54) is 0 Å². The van der Waals surface area contributed by atoms with Crippen molar-refractivity contribution in [2.24, 2.45) is 0 Å². The molecule has 2 amide bonds. The molecule has 0 heterocycles. The largest absolute Gasteiger partial charge is 0.496 e. The molecule has 0 aliphatic carbocycles. The SMILES string of the molecule is COc1ccc(CNC(=O)CNC(=O)c2ccccc2)cc1C(C)C. The van der Waals surface area contributed by atoms with Gasteiger partial charge in [0.2, 0.25) is 5.91 Å². The van der Waals surface area contributed by atoms with Gasteiger partial charge in [-0.15, -0.1) is 0 Å². The average molecular weight is 340 g/mol. The third-order valence-electron chi connectivity index (χ3n) is 3.85.